The van der Waals surface area contributed by atoms with Crippen LogP contribution in [0.25, 0.3) is 22.8 Å². The van der Waals surface area contributed by atoms with E-state index in [2.05, 4.69) is 30.2 Å². The number of alkyl halides is 4. The van der Waals surface area contributed by atoms with Crippen LogP contribution in [0, 0.1) is 5.41 Å². The van der Waals surface area contributed by atoms with Gasteiger partial charge in [-0.05, 0) is 25.3 Å². The zero-order valence-corrected chi connectivity index (χ0v) is 21.5. The van der Waals surface area contributed by atoms with Gasteiger partial charge in [0.05, 0.1) is 11.3 Å². The Morgan fingerprint density at radius 2 is 1.90 bits per heavy atom. The number of halogens is 4. The van der Waals surface area contributed by atoms with Gasteiger partial charge in [-0.25, -0.2) is 29.3 Å². The van der Waals surface area contributed by atoms with Gasteiger partial charge in [-0.3, -0.25) is 0 Å². The molecule has 0 spiro atoms. The van der Waals surface area contributed by atoms with Crippen molar-refractivity contribution in [3.63, 3.8) is 0 Å². The summed E-state index contributed by atoms with van der Waals surface area (Å²) in [6, 6.07) is 7.00. The number of aromatic nitrogens is 6. The predicted octanol–water partition coefficient (Wildman–Crippen LogP) is 5.67. The molecule has 3 aromatic heterocycles. The molecule has 40 heavy (non-hydrogen) atoms. The zero-order chi connectivity index (χ0) is 28.3. The minimum absolute atomic E-state index is 0.163. The van der Waals surface area contributed by atoms with Crippen molar-refractivity contribution >= 4 is 12.0 Å². The Balaban J connectivity index is 1.39. The second-order valence-corrected chi connectivity index (χ2v) is 9.18. The number of aryl methyl sites for hydroxylation is 1. The highest BCUT2D eigenvalue weighted by Crippen LogP contribution is 2.45. The van der Waals surface area contributed by atoms with Crippen LogP contribution in [0.1, 0.15) is 48.2 Å². The molecular formula is C27H26F4N8O. The molecule has 1 saturated carbocycles. The first kappa shape index (κ1) is 27.2. The largest absolute Gasteiger partial charge is 0.474 e. The lowest BCUT2D eigenvalue weighted by atomic mass is 10.1. The normalized spacial score (nSPS) is 13.3. The Bertz CT molecular complexity index is 1500. The van der Waals surface area contributed by atoms with Crippen LogP contribution in [0.15, 0.2) is 43.0 Å². The highest BCUT2D eigenvalue weighted by molar-refractivity contribution is 5.84. The van der Waals surface area contributed by atoms with Gasteiger partial charge < -0.3 is 20.0 Å². The molecule has 1 aliphatic carbocycles. The first-order valence-electron chi connectivity index (χ1n) is 12.7. The van der Waals surface area contributed by atoms with Crippen LogP contribution in [0.5, 0.6) is 5.88 Å². The molecule has 3 heterocycles. The number of nitrogens with one attached hydrogen (secondary N) is 2. The minimum Gasteiger partial charge on any atom is -0.474 e. The van der Waals surface area contributed by atoms with Crippen LogP contribution in [0.3, 0.4) is 0 Å². The Kier molecular flexibility index (Phi) is 7.71. The molecule has 0 unspecified atom stereocenters. The lowest BCUT2D eigenvalue weighted by Gasteiger charge is -2.14. The summed E-state index contributed by atoms with van der Waals surface area (Å²) in [6.45, 7) is 1.58. The number of hydrogen-bond donors (Lipinski definition) is 2. The molecule has 1 aromatic carbocycles. The lowest BCUT2D eigenvalue weighted by Crippen LogP contribution is -2.09. The Labute approximate surface area is 227 Å². The SMILES string of the molecule is CCn1cc(C(F)(F)F)nc1-c1ccc(CNc2nc(-c3c(OCCF)ncnc3C3CC3)ncc2C=N)cc1. The van der Waals surface area contributed by atoms with Crippen molar-refractivity contribution in [3.05, 3.63) is 65.5 Å². The number of imidazole rings is 1. The monoisotopic (exact) mass is 554 g/mol. The molecule has 208 valence electrons. The molecule has 0 amide bonds. The van der Waals surface area contributed by atoms with Crippen molar-refractivity contribution < 1.29 is 22.3 Å². The summed E-state index contributed by atoms with van der Waals surface area (Å²) in [7, 11) is 0. The van der Waals surface area contributed by atoms with Gasteiger partial charge >= 0.3 is 6.18 Å². The topological polar surface area (TPSA) is 114 Å². The molecule has 9 nitrogen and oxygen atoms in total. The Morgan fingerprint density at radius 3 is 2.55 bits per heavy atom. The van der Waals surface area contributed by atoms with E-state index < -0.39 is 18.5 Å². The van der Waals surface area contributed by atoms with Crippen LogP contribution in [0.2, 0.25) is 0 Å². The summed E-state index contributed by atoms with van der Waals surface area (Å²) in [4.78, 5) is 21.4. The molecule has 1 aliphatic rings. The minimum atomic E-state index is -4.52. The molecular weight excluding hydrogens is 528 g/mol. The Morgan fingerprint density at radius 1 is 1.12 bits per heavy atom. The van der Waals surface area contributed by atoms with Gasteiger partial charge in [-0.15, -0.1) is 0 Å². The fourth-order valence-corrected chi connectivity index (χ4v) is 4.24. The van der Waals surface area contributed by atoms with E-state index in [0.29, 0.717) is 41.4 Å². The van der Waals surface area contributed by atoms with E-state index in [1.807, 2.05) is 0 Å². The molecule has 0 radical (unpaired) electrons. The lowest BCUT2D eigenvalue weighted by molar-refractivity contribution is -0.140. The smallest absolute Gasteiger partial charge is 0.434 e. The van der Waals surface area contributed by atoms with Crippen LogP contribution in [-0.4, -0.2) is 49.0 Å². The van der Waals surface area contributed by atoms with E-state index in [-0.39, 0.29) is 24.2 Å². The van der Waals surface area contributed by atoms with Gasteiger partial charge in [0.25, 0.3) is 0 Å². The van der Waals surface area contributed by atoms with Gasteiger partial charge in [0.15, 0.2) is 11.5 Å². The van der Waals surface area contributed by atoms with E-state index in [4.69, 9.17) is 10.1 Å². The predicted molar refractivity (Wildman–Crippen MR) is 140 cm³/mol. The highest BCUT2D eigenvalue weighted by Gasteiger charge is 2.35. The van der Waals surface area contributed by atoms with Crippen molar-refractivity contribution in [1.29, 1.82) is 5.41 Å². The molecule has 5 rings (SSSR count). The fourth-order valence-electron chi connectivity index (χ4n) is 4.24. The van der Waals surface area contributed by atoms with Crippen LogP contribution in [0.4, 0.5) is 23.4 Å². The molecule has 2 N–H and O–H groups in total. The zero-order valence-electron chi connectivity index (χ0n) is 21.5. The number of anilines is 1. The summed E-state index contributed by atoms with van der Waals surface area (Å²) >= 11 is 0. The summed E-state index contributed by atoms with van der Waals surface area (Å²) in [5.74, 6) is 1.36. The van der Waals surface area contributed by atoms with Crippen LogP contribution >= 0.6 is 0 Å². The number of nitrogens with zero attached hydrogens (tertiary/aromatic N) is 6. The number of benzene rings is 1. The fraction of sp³-hybridized carbons (Fsp3) is 0.333. The number of rotatable bonds is 11. The van der Waals surface area contributed by atoms with E-state index in [0.717, 1.165) is 36.5 Å². The molecule has 0 saturated heterocycles. The molecule has 13 heteroatoms. The Hall–Kier alpha value is -4.42. The maximum Gasteiger partial charge on any atom is 0.434 e. The summed E-state index contributed by atoms with van der Waals surface area (Å²) in [6.07, 6.45) is 2.43. The van der Waals surface area contributed by atoms with Crippen LogP contribution < -0.4 is 10.1 Å². The van der Waals surface area contributed by atoms with E-state index >= 15 is 0 Å². The van der Waals surface area contributed by atoms with Gasteiger partial charge in [0, 0.05) is 43.2 Å². The first-order valence-corrected chi connectivity index (χ1v) is 12.7. The van der Waals surface area contributed by atoms with E-state index in [1.54, 1.807) is 31.2 Å². The van der Waals surface area contributed by atoms with Gasteiger partial charge in [-0.1, -0.05) is 24.3 Å². The highest BCUT2D eigenvalue weighted by atomic mass is 19.4. The quantitative estimate of drug-likeness (QED) is 0.181. The van der Waals surface area contributed by atoms with Crippen molar-refractivity contribution in [2.75, 3.05) is 18.6 Å². The molecule has 0 aliphatic heterocycles. The summed E-state index contributed by atoms with van der Waals surface area (Å²) < 4.78 is 59.3. The number of hydrogen-bond acceptors (Lipinski definition) is 8. The molecule has 1 fully saturated rings. The van der Waals surface area contributed by atoms with Gasteiger partial charge in [0.2, 0.25) is 5.88 Å². The van der Waals surface area contributed by atoms with E-state index in [1.165, 1.54) is 17.1 Å². The average molecular weight is 555 g/mol. The molecule has 4 aromatic rings. The molecule has 0 atom stereocenters. The average Bonchev–Trinajstić information content (AvgIpc) is 3.71. The van der Waals surface area contributed by atoms with E-state index in [9.17, 15) is 17.6 Å². The third-order valence-electron chi connectivity index (χ3n) is 6.40. The van der Waals surface area contributed by atoms with Gasteiger partial charge in [0.1, 0.15) is 36.8 Å². The van der Waals surface area contributed by atoms with Gasteiger partial charge in [-0.2, -0.15) is 13.2 Å². The van der Waals surface area contributed by atoms with Crippen LogP contribution in [-0.2, 0) is 19.3 Å². The molecule has 0 bridgehead atoms. The maximum absolute atomic E-state index is 13.2. The van der Waals surface area contributed by atoms with Crippen molar-refractivity contribution in [2.24, 2.45) is 0 Å². The van der Waals surface area contributed by atoms with Crippen molar-refractivity contribution in [2.45, 2.75) is 44.9 Å². The summed E-state index contributed by atoms with van der Waals surface area (Å²) in [5.41, 5.74) is 2.16. The summed E-state index contributed by atoms with van der Waals surface area (Å²) in [5, 5.41) is 11.0. The number of ether oxygens (including phenoxy) is 1. The van der Waals surface area contributed by atoms with Crippen molar-refractivity contribution in [3.8, 4) is 28.7 Å². The third-order valence-corrected chi connectivity index (χ3v) is 6.40. The standard InChI is InChI=1S/C27H26F4N8O/c1-2-39-14-20(27(29,30)31)37-25(39)18-5-3-16(4-6-18)12-33-23-19(11-32)13-34-24(38-23)21-22(17-7-8-17)35-15-36-26(21)40-10-9-28/h3-6,11,13-15,17,32H,2,7-10,12H2,1H3,(H,33,34,38). The first-order chi connectivity index (χ1) is 19.3. The second-order valence-electron chi connectivity index (χ2n) is 9.18. The maximum atomic E-state index is 13.2. The second kappa shape index (κ2) is 11.4. The van der Waals surface area contributed by atoms with Crippen molar-refractivity contribution in [1.82, 2.24) is 29.5 Å². The third kappa shape index (κ3) is 5.77.